The van der Waals surface area contributed by atoms with Gasteiger partial charge in [-0.1, -0.05) is 41.9 Å². The largest absolute Gasteiger partial charge is 0.329 e. The van der Waals surface area contributed by atoms with E-state index < -0.39 is 10.8 Å². The molecular weight excluding hydrogens is 380 g/mol. The van der Waals surface area contributed by atoms with Gasteiger partial charge in [0.1, 0.15) is 0 Å². The highest BCUT2D eigenvalue weighted by Crippen LogP contribution is 2.44. The molecule has 2 aromatic carbocycles. The Hall–Kier alpha value is -2.99. The number of carbonyl (C=O) groups is 2. The van der Waals surface area contributed by atoms with Crippen molar-refractivity contribution in [1.29, 1.82) is 0 Å². The number of halogens is 1. The lowest BCUT2D eigenvalue weighted by Gasteiger charge is -2.34. The van der Waals surface area contributed by atoms with Crippen molar-refractivity contribution in [2.45, 2.75) is 31.1 Å². The number of benzene rings is 2. The lowest BCUT2D eigenvalue weighted by atomic mass is 9.73. The van der Waals surface area contributed by atoms with Crippen LogP contribution < -0.4 is 5.32 Å². The van der Waals surface area contributed by atoms with Gasteiger partial charge < -0.3 is 5.32 Å². The SMILES string of the molecule is O=C1C[C@@H](c2cccc([N+](=O)[O-])c2)C2=C(C[C@H](c3ccccc3Cl)CC2=O)N1. The van der Waals surface area contributed by atoms with Crippen molar-refractivity contribution in [3.05, 3.63) is 86.1 Å². The van der Waals surface area contributed by atoms with Gasteiger partial charge in [0.25, 0.3) is 5.69 Å². The summed E-state index contributed by atoms with van der Waals surface area (Å²) in [5.74, 6) is -0.821. The predicted molar refractivity (Wildman–Crippen MR) is 104 cm³/mol. The maximum Gasteiger partial charge on any atom is 0.269 e. The first kappa shape index (κ1) is 18.4. The zero-order valence-electron chi connectivity index (χ0n) is 14.9. The van der Waals surface area contributed by atoms with Gasteiger partial charge in [-0.15, -0.1) is 0 Å². The van der Waals surface area contributed by atoms with Gasteiger partial charge in [0, 0.05) is 47.2 Å². The summed E-state index contributed by atoms with van der Waals surface area (Å²) in [5.41, 5.74) is 2.61. The average molecular weight is 397 g/mol. The Kier molecular flexibility index (Phi) is 4.73. The summed E-state index contributed by atoms with van der Waals surface area (Å²) >= 11 is 6.30. The molecule has 2 aliphatic rings. The fourth-order valence-corrected chi connectivity index (χ4v) is 4.42. The number of nitro benzene ring substituents is 1. The van der Waals surface area contributed by atoms with Gasteiger partial charge in [-0.25, -0.2) is 0 Å². The van der Waals surface area contributed by atoms with E-state index in [4.69, 9.17) is 11.6 Å². The fourth-order valence-electron chi connectivity index (χ4n) is 4.13. The maximum absolute atomic E-state index is 13.0. The van der Waals surface area contributed by atoms with Crippen LogP contribution >= 0.6 is 11.6 Å². The molecule has 0 saturated carbocycles. The first-order valence-electron chi connectivity index (χ1n) is 8.99. The molecule has 0 unspecified atom stereocenters. The van der Waals surface area contributed by atoms with Crippen molar-refractivity contribution in [3.63, 3.8) is 0 Å². The Morgan fingerprint density at radius 1 is 1.04 bits per heavy atom. The Balaban J connectivity index is 1.74. The van der Waals surface area contributed by atoms with Crippen LogP contribution in [0.1, 0.15) is 42.2 Å². The quantitative estimate of drug-likeness (QED) is 0.620. The molecule has 2 atom stereocenters. The molecule has 1 aliphatic heterocycles. The van der Waals surface area contributed by atoms with Crippen LogP contribution in [0.3, 0.4) is 0 Å². The second-order valence-corrected chi connectivity index (χ2v) is 7.51. The molecule has 2 aromatic rings. The number of nitro groups is 1. The molecule has 4 rings (SSSR count). The van der Waals surface area contributed by atoms with E-state index in [0.29, 0.717) is 34.7 Å². The topological polar surface area (TPSA) is 89.3 Å². The number of Topliss-reactive ketones (excluding diaryl/α,β-unsaturated/α-hetero) is 1. The van der Waals surface area contributed by atoms with Gasteiger partial charge >= 0.3 is 0 Å². The molecule has 0 radical (unpaired) electrons. The number of hydrogen-bond acceptors (Lipinski definition) is 4. The molecule has 7 heteroatoms. The van der Waals surface area contributed by atoms with E-state index in [2.05, 4.69) is 5.32 Å². The van der Waals surface area contributed by atoms with Gasteiger partial charge in [-0.2, -0.15) is 0 Å². The molecule has 142 valence electrons. The number of nitrogens with zero attached hydrogens (tertiary/aromatic N) is 1. The molecule has 0 fully saturated rings. The molecule has 0 aromatic heterocycles. The van der Waals surface area contributed by atoms with E-state index in [1.807, 2.05) is 18.2 Å². The minimum absolute atomic E-state index is 0.0529. The van der Waals surface area contributed by atoms with Crippen LogP contribution in [0.15, 0.2) is 59.8 Å². The van der Waals surface area contributed by atoms with Gasteiger partial charge in [0.15, 0.2) is 5.78 Å². The van der Waals surface area contributed by atoms with Crippen molar-refractivity contribution in [2.75, 3.05) is 0 Å². The highest BCUT2D eigenvalue weighted by Gasteiger charge is 2.38. The summed E-state index contributed by atoms with van der Waals surface area (Å²) in [6.45, 7) is 0. The first-order chi connectivity index (χ1) is 13.4. The Labute approximate surface area is 166 Å². The van der Waals surface area contributed by atoms with E-state index in [-0.39, 0.29) is 29.7 Å². The summed E-state index contributed by atoms with van der Waals surface area (Å²) in [6, 6.07) is 13.6. The lowest BCUT2D eigenvalue weighted by Crippen LogP contribution is -2.38. The molecule has 6 nitrogen and oxygen atoms in total. The van der Waals surface area contributed by atoms with E-state index in [1.54, 1.807) is 18.2 Å². The van der Waals surface area contributed by atoms with Crippen molar-refractivity contribution in [1.82, 2.24) is 5.32 Å². The van der Waals surface area contributed by atoms with Gasteiger partial charge in [0.2, 0.25) is 5.91 Å². The average Bonchev–Trinajstić information content (AvgIpc) is 2.67. The number of nitrogens with one attached hydrogen (secondary N) is 1. The van der Waals surface area contributed by atoms with E-state index in [9.17, 15) is 19.7 Å². The van der Waals surface area contributed by atoms with Crippen molar-refractivity contribution in [2.24, 2.45) is 0 Å². The summed E-state index contributed by atoms with van der Waals surface area (Å²) < 4.78 is 0. The molecule has 0 spiro atoms. The number of ketones is 1. The summed E-state index contributed by atoms with van der Waals surface area (Å²) in [5, 5.41) is 14.6. The van der Waals surface area contributed by atoms with Crippen molar-refractivity contribution < 1.29 is 14.5 Å². The van der Waals surface area contributed by atoms with Crippen LogP contribution in [-0.2, 0) is 9.59 Å². The van der Waals surface area contributed by atoms with Crippen molar-refractivity contribution >= 4 is 29.0 Å². The number of hydrogen-bond donors (Lipinski definition) is 1. The van der Waals surface area contributed by atoms with Crippen LogP contribution in [0.25, 0.3) is 0 Å². The van der Waals surface area contributed by atoms with E-state index >= 15 is 0 Å². The molecule has 1 heterocycles. The standard InChI is InChI=1S/C21H17ClN2O4/c22-17-7-2-1-6-15(17)13-9-18-21(19(25)10-13)16(11-20(26)23-18)12-4-3-5-14(8-12)24(27)28/h1-8,13,16H,9-11H2,(H,23,26)/t13-,16-/m0/s1. The third kappa shape index (κ3) is 3.31. The van der Waals surface area contributed by atoms with Crippen LogP contribution in [0.5, 0.6) is 0 Å². The van der Waals surface area contributed by atoms with E-state index in [0.717, 1.165) is 5.56 Å². The molecule has 0 saturated heterocycles. The Bertz CT molecular complexity index is 1030. The number of carbonyl (C=O) groups excluding carboxylic acids is 2. The van der Waals surface area contributed by atoms with Crippen LogP contribution in [0.2, 0.25) is 5.02 Å². The minimum Gasteiger partial charge on any atom is -0.329 e. The minimum atomic E-state index is -0.474. The lowest BCUT2D eigenvalue weighted by molar-refractivity contribution is -0.384. The number of amides is 1. The first-order valence-corrected chi connectivity index (χ1v) is 9.36. The Morgan fingerprint density at radius 2 is 1.82 bits per heavy atom. The van der Waals surface area contributed by atoms with Crippen molar-refractivity contribution in [3.8, 4) is 0 Å². The van der Waals surface area contributed by atoms with Gasteiger partial charge in [-0.05, 0) is 29.5 Å². The summed E-state index contributed by atoms with van der Waals surface area (Å²) in [7, 11) is 0. The second-order valence-electron chi connectivity index (χ2n) is 7.10. The van der Waals surface area contributed by atoms with E-state index in [1.165, 1.54) is 12.1 Å². The molecule has 28 heavy (non-hydrogen) atoms. The number of rotatable bonds is 3. The number of allylic oxidation sites excluding steroid dienone is 2. The monoisotopic (exact) mass is 396 g/mol. The molecule has 0 bridgehead atoms. The normalized spacial score (nSPS) is 21.9. The molecule has 1 N–H and O–H groups in total. The van der Waals surface area contributed by atoms with Gasteiger partial charge in [-0.3, -0.25) is 19.7 Å². The predicted octanol–water partition coefficient (Wildman–Crippen LogP) is 4.25. The summed E-state index contributed by atoms with van der Waals surface area (Å²) in [4.78, 5) is 36.0. The van der Waals surface area contributed by atoms with Gasteiger partial charge in [0.05, 0.1) is 4.92 Å². The molecular formula is C21H17ClN2O4. The maximum atomic E-state index is 13.0. The number of non-ortho nitro benzene ring substituents is 1. The molecule has 1 amide bonds. The highest BCUT2D eigenvalue weighted by atomic mass is 35.5. The van der Waals surface area contributed by atoms with Crippen LogP contribution in [0.4, 0.5) is 5.69 Å². The third-order valence-electron chi connectivity index (χ3n) is 5.36. The molecule has 1 aliphatic carbocycles. The fraction of sp³-hybridized carbons (Fsp3) is 0.238. The zero-order valence-corrected chi connectivity index (χ0v) is 15.6. The summed E-state index contributed by atoms with van der Waals surface area (Å²) in [6.07, 6.45) is 0.897. The zero-order chi connectivity index (χ0) is 19.8. The second kappa shape index (κ2) is 7.20. The Morgan fingerprint density at radius 3 is 2.57 bits per heavy atom. The third-order valence-corrected chi connectivity index (χ3v) is 5.71. The highest BCUT2D eigenvalue weighted by molar-refractivity contribution is 6.31. The van der Waals surface area contributed by atoms with Crippen LogP contribution in [-0.4, -0.2) is 16.6 Å². The smallest absolute Gasteiger partial charge is 0.269 e. The van der Waals surface area contributed by atoms with Crippen LogP contribution in [0, 0.1) is 10.1 Å².